The van der Waals surface area contributed by atoms with Crippen molar-refractivity contribution in [3.05, 3.63) is 70.8 Å². The van der Waals surface area contributed by atoms with Crippen molar-refractivity contribution in [1.29, 1.82) is 0 Å². The van der Waals surface area contributed by atoms with Crippen LogP contribution in [0.4, 0.5) is 32.3 Å². The molecule has 13 heteroatoms. The Bertz CT molecular complexity index is 1070. The van der Waals surface area contributed by atoms with Gasteiger partial charge in [-0.3, -0.25) is 9.78 Å². The monoisotopic (exact) mass is 430 g/mol. The molecule has 3 aromatic rings. The second kappa shape index (κ2) is 7.31. The maximum atomic E-state index is 13.6. The van der Waals surface area contributed by atoms with Crippen LogP contribution in [0, 0.1) is 0 Å². The number of hydrogen-bond acceptors (Lipinski definition) is 5. The highest BCUT2D eigenvalue weighted by Gasteiger charge is 2.39. The number of hydrogen-bond donors (Lipinski definition) is 2. The van der Waals surface area contributed by atoms with Crippen molar-refractivity contribution in [3.8, 4) is 0 Å². The van der Waals surface area contributed by atoms with E-state index in [4.69, 9.17) is 11.5 Å². The lowest BCUT2D eigenvalue weighted by Crippen LogP contribution is -2.26. The van der Waals surface area contributed by atoms with Crippen LogP contribution in [0.3, 0.4) is 0 Å². The summed E-state index contributed by atoms with van der Waals surface area (Å²) >= 11 is 0. The summed E-state index contributed by atoms with van der Waals surface area (Å²) in [5, 5.41) is 3.73. The average Bonchev–Trinajstić information content (AvgIpc) is 3.03. The van der Waals surface area contributed by atoms with Crippen molar-refractivity contribution in [2.75, 3.05) is 5.73 Å². The summed E-state index contributed by atoms with van der Waals surface area (Å²) in [4.78, 5) is 19.1. The molecular formula is C17H12F6N6O. The van der Waals surface area contributed by atoms with Gasteiger partial charge in [0.1, 0.15) is 6.04 Å². The third-order valence-electron chi connectivity index (χ3n) is 4.07. The number of benzene rings is 1. The first-order valence-electron chi connectivity index (χ1n) is 8.10. The number of nitrogens with zero attached hydrogens (tertiary/aromatic N) is 4. The molecule has 0 bridgehead atoms. The van der Waals surface area contributed by atoms with Gasteiger partial charge in [-0.15, -0.1) is 5.10 Å². The van der Waals surface area contributed by atoms with Gasteiger partial charge in [-0.05, 0) is 29.8 Å². The molecule has 0 radical (unpaired) electrons. The minimum absolute atomic E-state index is 0.0837. The van der Waals surface area contributed by atoms with Crippen molar-refractivity contribution in [2.24, 2.45) is 5.73 Å². The fraction of sp³-hybridized carbons (Fsp3) is 0.176. The van der Waals surface area contributed by atoms with E-state index in [-0.39, 0.29) is 5.56 Å². The molecule has 0 aliphatic carbocycles. The second-order valence-corrected chi connectivity index (χ2v) is 6.06. The molecule has 158 valence electrons. The molecule has 1 amide bonds. The minimum Gasteiger partial charge on any atom is -0.366 e. The van der Waals surface area contributed by atoms with Crippen LogP contribution in [0.25, 0.3) is 0 Å². The summed E-state index contributed by atoms with van der Waals surface area (Å²) in [6.07, 6.45) is -8.45. The van der Waals surface area contributed by atoms with Gasteiger partial charge in [-0.2, -0.15) is 31.3 Å². The largest absolute Gasteiger partial charge is 0.418 e. The van der Waals surface area contributed by atoms with E-state index in [1.807, 2.05) is 0 Å². The Balaban J connectivity index is 2.28. The smallest absolute Gasteiger partial charge is 0.366 e. The Kier molecular flexibility index (Phi) is 5.14. The van der Waals surface area contributed by atoms with Crippen molar-refractivity contribution in [3.63, 3.8) is 0 Å². The molecule has 2 heterocycles. The van der Waals surface area contributed by atoms with E-state index < -0.39 is 52.9 Å². The fourth-order valence-electron chi connectivity index (χ4n) is 2.83. The molecule has 0 aliphatic rings. The van der Waals surface area contributed by atoms with Gasteiger partial charge in [0.25, 0.3) is 5.91 Å². The Labute approximate surface area is 164 Å². The molecule has 0 unspecified atom stereocenters. The van der Waals surface area contributed by atoms with E-state index in [1.54, 1.807) is 0 Å². The van der Waals surface area contributed by atoms with E-state index >= 15 is 0 Å². The molecule has 0 fully saturated rings. The van der Waals surface area contributed by atoms with Gasteiger partial charge >= 0.3 is 12.4 Å². The van der Waals surface area contributed by atoms with E-state index in [1.165, 1.54) is 0 Å². The highest BCUT2D eigenvalue weighted by atomic mass is 19.4. The van der Waals surface area contributed by atoms with Crippen LogP contribution in [0.5, 0.6) is 0 Å². The van der Waals surface area contributed by atoms with Crippen LogP contribution in [0.2, 0.25) is 0 Å². The van der Waals surface area contributed by atoms with Crippen LogP contribution in [0.1, 0.15) is 39.0 Å². The number of aromatic nitrogens is 4. The van der Waals surface area contributed by atoms with E-state index in [0.29, 0.717) is 16.8 Å². The standard InChI is InChI=1S/C17H12F6N6O/c18-16(19,20)9-5-3-8(4-6-9)12(29-14(13(24)30)27-15(25)28-29)11-10(17(21,22)23)2-1-7-26-11/h1-7,12H,(H2,24,30)(H2,25,28)/t12-/m0/s1. The first kappa shape index (κ1) is 21.1. The molecule has 1 aromatic carbocycles. The van der Waals surface area contributed by atoms with Crippen molar-refractivity contribution >= 4 is 11.9 Å². The maximum Gasteiger partial charge on any atom is 0.418 e. The van der Waals surface area contributed by atoms with Crippen LogP contribution in [-0.4, -0.2) is 25.7 Å². The van der Waals surface area contributed by atoms with Gasteiger partial charge in [0.05, 0.1) is 16.8 Å². The normalized spacial score (nSPS) is 13.3. The van der Waals surface area contributed by atoms with Crippen LogP contribution < -0.4 is 11.5 Å². The number of nitrogens with two attached hydrogens (primary N) is 2. The SMILES string of the molecule is NC(=O)c1nc(N)nn1[C@@H](c1ccc(C(F)(F)F)cc1)c1ncccc1C(F)(F)F. The number of rotatable bonds is 4. The quantitative estimate of drug-likeness (QED) is 0.618. The lowest BCUT2D eigenvalue weighted by atomic mass is 9.97. The molecule has 7 nitrogen and oxygen atoms in total. The predicted octanol–water partition coefficient (Wildman–Crippen LogP) is 3.03. The summed E-state index contributed by atoms with van der Waals surface area (Å²) < 4.78 is 80.1. The number of nitrogen functional groups attached to an aromatic ring is 1. The summed E-state index contributed by atoms with van der Waals surface area (Å²) in [5.41, 5.74) is 7.78. The molecule has 0 spiro atoms. The topological polar surface area (TPSA) is 113 Å². The number of pyridine rings is 1. The number of anilines is 1. The van der Waals surface area contributed by atoms with Gasteiger partial charge in [-0.1, -0.05) is 12.1 Å². The molecular weight excluding hydrogens is 418 g/mol. The number of carbonyl (C=O) groups excluding carboxylic acids is 1. The highest BCUT2D eigenvalue weighted by Crippen LogP contribution is 2.38. The van der Waals surface area contributed by atoms with Crippen LogP contribution in [0.15, 0.2) is 42.6 Å². The minimum atomic E-state index is -4.85. The maximum absolute atomic E-state index is 13.6. The summed E-state index contributed by atoms with van der Waals surface area (Å²) in [7, 11) is 0. The third-order valence-corrected chi connectivity index (χ3v) is 4.07. The van der Waals surface area contributed by atoms with E-state index in [2.05, 4.69) is 15.1 Å². The Hall–Kier alpha value is -3.64. The van der Waals surface area contributed by atoms with Crippen LogP contribution >= 0.6 is 0 Å². The van der Waals surface area contributed by atoms with Gasteiger partial charge in [0.15, 0.2) is 0 Å². The van der Waals surface area contributed by atoms with E-state index in [0.717, 1.165) is 30.5 Å². The highest BCUT2D eigenvalue weighted by molar-refractivity contribution is 5.89. The van der Waals surface area contributed by atoms with Crippen molar-refractivity contribution in [2.45, 2.75) is 18.4 Å². The first-order chi connectivity index (χ1) is 13.9. The number of carbonyl (C=O) groups is 1. The number of halogens is 6. The van der Waals surface area contributed by atoms with Gasteiger partial charge < -0.3 is 11.5 Å². The molecule has 3 rings (SSSR count). The lowest BCUT2D eigenvalue weighted by molar-refractivity contribution is -0.139. The molecule has 0 aliphatic heterocycles. The molecule has 30 heavy (non-hydrogen) atoms. The fourth-order valence-corrected chi connectivity index (χ4v) is 2.83. The molecule has 4 N–H and O–H groups in total. The average molecular weight is 430 g/mol. The third kappa shape index (κ3) is 4.04. The lowest BCUT2D eigenvalue weighted by Gasteiger charge is -2.22. The Morgan fingerprint density at radius 3 is 2.17 bits per heavy atom. The summed E-state index contributed by atoms with van der Waals surface area (Å²) in [6.45, 7) is 0. The zero-order chi connectivity index (χ0) is 22.3. The number of primary amides is 1. The van der Waals surface area contributed by atoms with Crippen molar-refractivity contribution < 1.29 is 31.1 Å². The summed E-state index contributed by atoms with van der Waals surface area (Å²) in [5.74, 6) is -2.21. The predicted molar refractivity (Wildman–Crippen MR) is 90.9 cm³/mol. The number of alkyl halides is 6. The summed E-state index contributed by atoms with van der Waals surface area (Å²) in [6, 6.07) is 3.46. The van der Waals surface area contributed by atoms with Crippen molar-refractivity contribution in [1.82, 2.24) is 19.7 Å². The Morgan fingerprint density at radius 2 is 1.63 bits per heavy atom. The van der Waals surface area contributed by atoms with Gasteiger partial charge in [0, 0.05) is 6.20 Å². The first-order valence-corrected chi connectivity index (χ1v) is 8.10. The molecule has 0 saturated heterocycles. The molecule has 2 aromatic heterocycles. The molecule has 1 atom stereocenters. The molecule has 0 saturated carbocycles. The van der Waals surface area contributed by atoms with Crippen LogP contribution in [-0.2, 0) is 12.4 Å². The van der Waals surface area contributed by atoms with Gasteiger partial charge in [0.2, 0.25) is 11.8 Å². The Morgan fingerprint density at radius 1 is 1.00 bits per heavy atom. The second-order valence-electron chi connectivity index (χ2n) is 6.06. The zero-order valence-electron chi connectivity index (χ0n) is 14.7. The number of amides is 1. The van der Waals surface area contributed by atoms with Gasteiger partial charge in [-0.25, -0.2) is 4.68 Å². The zero-order valence-corrected chi connectivity index (χ0v) is 14.7. The van der Waals surface area contributed by atoms with E-state index in [9.17, 15) is 31.1 Å².